The minimum atomic E-state index is -0.455. The van der Waals surface area contributed by atoms with Gasteiger partial charge in [-0.15, -0.1) is 0 Å². The summed E-state index contributed by atoms with van der Waals surface area (Å²) in [6.07, 6.45) is 4.58. The molecule has 0 bridgehead atoms. The van der Waals surface area contributed by atoms with Crippen LogP contribution in [0.15, 0.2) is 34.7 Å². The van der Waals surface area contributed by atoms with Crippen LogP contribution in [0.1, 0.15) is 30.9 Å². The van der Waals surface area contributed by atoms with E-state index in [0.29, 0.717) is 23.6 Å². The van der Waals surface area contributed by atoms with Gasteiger partial charge in [0.15, 0.2) is 5.58 Å². The summed E-state index contributed by atoms with van der Waals surface area (Å²) in [5.41, 5.74) is 2.92. The van der Waals surface area contributed by atoms with Crippen LogP contribution in [0.3, 0.4) is 0 Å². The SMILES string of the molecule is CCOc1cc2c(cc1/C=C/c1nc3cc([N+](=O)[O-])ccc3o1)O[C@@H](C)C2. The highest BCUT2D eigenvalue weighted by Crippen LogP contribution is 2.36. The molecule has 1 aliphatic rings. The second-order valence-corrected chi connectivity index (χ2v) is 6.36. The lowest BCUT2D eigenvalue weighted by atomic mass is 10.1. The van der Waals surface area contributed by atoms with E-state index < -0.39 is 4.92 Å². The van der Waals surface area contributed by atoms with Gasteiger partial charge in [-0.1, -0.05) is 0 Å². The Labute approximate surface area is 155 Å². The maximum atomic E-state index is 10.9. The number of hydrogen-bond acceptors (Lipinski definition) is 6. The van der Waals surface area contributed by atoms with Crippen LogP contribution >= 0.6 is 0 Å². The summed E-state index contributed by atoms with van der Waals surface area (Å²) >= 11 is 0. The third-order valence-corrected chi connectivity index (χ3v) is 4.33. The zero-order chi connectivity index (χ0) is 19.0. The summed E-state index contributed by atoms with van der Waals surface area (Å²) in [4.78, 5) is 14.7. The first-order valence-corrected chi connectivity index (χ1v) is 8.73. The maximum absolute atomic E-state index is 10.9. The number of benzene rings is 2. The van der Waals surface area contributed by atoms with Crippen LogP contribution in [0, 0.1) is 10.1 Å². The van der Waals surface area contributed by atoms with E-state index in [4.69, 9.17) is 13.9 Å². The number of nitro groups is 1. The van der Waals surface area contributed by atoms with E-state index in [1.165, 1.54) is 12.1 Å². The number of rotatable bonds is 5. The largest absolute Gasteiger partial charge is 0.493 e. The van der Waals surface area contributed by atoms with Crippen LogP contribution < -0.4 is 9.47 Å². The van der Waals surface area contributed by atoms with Gasteiger partial charge in [-0.3, -0.25) is 10.1 Å². The van der Waals surface area contributed by atoms with Crippen molar-refractivity contribution < 1.29 is 18.8 Å². The van der Waals surface area contributed by atoms with Crippen LogP contribution in [0.5, 0.6) is 11.5 Å². The molecule has 7 heteroatoms. The Kier molecular flexibility index (Phi) is 4.27. The molecule has 2 heterocycles. The maximum Gasteiger partial charge on any atom is 0.271 e. The van der Waals surface area contributed by atoms with Crippen LogP contribution in [0.25, 0.3) is 23.3 Å². The Morgan fingerprint density at radius 1 is 1.33 bits per heavy atom. The highest BCUT2D eigenvalue weighted by Gasteiger charge is 2.21. The molecule has 1 aromatic heterocycles. The number of non-ortho nitro benzene ring substituents is 1. The zero-order valence-corrected chi connectivity index (χ0v) is 15.0. The first-order chi connectivity index (χ1) is 13.0. The van der Waals surface area contributed by atoms with Gasteiger partial charge in [0.05, 0.1) is 11.5 Å². The monoisotopic (exact) mass is 366 g/mol. The normalized spacial score (nSPS) is 15.9. The molecule has 27 heavy (non-hydrogen) atoms. The van der Waals surface area contributed by atoms with Crippen LogP contribution in [0.4, 0.5) is 5.69 Å². The number of ether oxygens (including phenoxy) is 2. The minimum Gasteiger partial charge on any atom is -0.493 e. The van der Waals surface area contributed by atoms with Crippen LogP contribution in [0.2, 0.25) is 0 Å². The van der Waals surface area contributed by atoms with Gasteiger partial charge in [-0.05, 0) is 38.1 Å². The number of nitro benzene ring substituents is 1. The lowest BCUT2D eigenvalue weighted by molar-refractivity contribution is -0.384. The smallest absolute Gasteiger partial charge is 0.271 e. The van der Waals surface area contributed by atoms with E-state index in [-0.39, 0.29) is 11.8 Å². The molecule has 2 aromatic carbocycles. The second kappa shape index (κ2) is 6.75. The van der Waals surface area contributed by atoms with Crippen LogP contribution in [-0.4, -0.2) is 22.6 Å². The highest BCUT2D eigenvalue weighted by molar-refractivity contribution is 5.79. The fourth-order valence-electron chi connectivity index (χ4n) is 3.15. The number of oxazole rings is 1. The standard InChI is InChI=1S/C20H18N2O5/c1-3-25-18-10-14-8-12(2)26-19(14)9-13(18)4-7-20-21-16-11-15(22(23)24)5-6-17(16)27-20/h4-7,9-12H,3,8H2,1-2H3/b7-4+/t12-/m0/s1. The molecule has 7 nitrogen and oxygen atoms in total. The van der Waals surface area contributed by atoms with Crippen molar-refractivity contribution in [2.24, 2.45) is 0 Å². The fourth-order valence-corrected chi connectivity index (χ4v) is 3.15. The summed E-state index contributed by atoms with van der Waals surface area (Å²) in [5.74, 6) is 2.00. The molecule has 0 saturated heterocycles. The summed E-state index contributed by atoms with van der Waals surface area (Å²) in [5, 5.41) is 10.9. The number of fused-ring (bicyclic) bond motifs is 2. The molecule has 0 spiro atoms. The average molecular weight is 366 g/mol. The Bertz CT molecular complexity index is 1050. The topological polar surface area (TPSA) is 87.6 Å². The molecule has 0 amide bonds. The molecule has 138 valence electrons. The van der Waals surface area contributed by atoms with Gasteiger partial charge in [0.25, 0.3) is 5.69 Å². The van der Waals surface area contributed by atoms with Gasteiger partial charge in [-0.25, -0.2) is 4.98 Å². The molecule has 1 aliphatic heterocycles. The Balaban J connectivity index is 1.67. The van der Waals surface area contributed by atoms with Gasteiger partial charge in [0.1, 0.15) is 23.1 Å². The lowest BCUT2D eigenvalue weighted by Gasteiger charge is -2.09. The van der Waals surface area contributed by atoms with Crippen molar-refractivity contribution in [1.29, 1.82) is 0 Å². The lowest BCUT2D eigenvalue weighted by Crippen LogP contribution is -2.05. The highest BCUT2D eigenvalue weighted by atomic mass is 16.6. The molecular weight excluding hydrogens is 348 g/mol. The van der Waals surface area contributed by atoms with Crippen molar-refractivity contribution in [2.75, 3.05) is 6.61 Å². The van der Waals surface area contributed by atoms with Crippen molar-refractivity contribution in [3.63, 3.8) is 0 Å². The molecule has 0 fully saturated rings. The summed E-state index contributed by atoms with van der Waals surface area (Å²) in [6, 6.07) is 8.30. The Morgan fingerprint density at radius 3 is 2.96 bits per heavy atom. The molecule has 0 aliphatic carbocycles. The zero-order valence-electron chi connectivity index (χ0n) is 15.0. The summed E-state index contributed by atoms with van der Waals surface area (Å²) in [6.45, 7) is 4.53. The first-order valence-electron chi connectivity index (χ1n) is 8.73. The molecule has 1 atom stereocenters. The average Bonchev–Trinajstić information content (AvgIpc) is 3.20. The van der Waals surface area contributed by atoms with E-state index >= 15 is 0 Å². The quantitative estimate of drug-likeness (QED) is 0.483. The van der Waals surface area contributed by atoms with Crippen molar-refractivity contribution in [3.05, 3.63) is 57.5 Å². The summed E-state index contributed by atoms with van der Waals surface area (Å²) in [7, 11) is 0. The van der Waals surface area contributed by atoms with Crippen molar-refractivity contribution in [3.8, 4) is 11.5 Å². The van der Waals surface area contributed by atoms with Gasteiger partial charge in [0, 0.05) is 35.8 Å². The molecule has 3 aromatic rings. The van der Waals surface area contributed by atoms with E-state index in [2.05, 4.69) is 4.98 Å². The van der Waals surface area contributed by atoms with Gasteiger partial charge in [0.2, 0.25) is 5.89 Å². The van der Waals surface area contributed by atoms with E-state index in [1.807, 2.05) is 32.1 Å². The van der Waals surface area contributed by atoms with Crippen LogP contribution in [-0.2, 0) is 6.42 Å². The van der Waals surface area contributed by atoms with E-state index in [9.17, 15) is 10.1 Å². The van der Waals surface area contributed by atoms with Crippen molar-refractivity contribution in [1.82, 2.24) is 4.98 Å². The summed E-state index contributed by atoms with van der Waals surface area (Å²) < 4.78 is 17.2. The van der Waals surface area contributed by atoms with Gasteiger partial charge >= 0.3 is 0 Å². The number of aromatic nitrogens is 1. The molecule has 0 radical (unpaired) electrons. The third kappa shape index (κ3) is 3.36. The van der Waals surface area contributed by atoms with Gasteiger partial charge in [-0.2, -0.15) is 0 Å². The third-order valence-electron chi connectivity index (χ3n) is 4.33. The molecular formula is C20H18N2O5. The first kappa shape index (κ1) is 17.1. The predicted octanol–water partition coefficient (Wildman–Crippen LogP) is 4.63. The number of nitrogens with zero attached hydrogens (tertiary/aromatic N) is 2. The van der Waals surface area contributed by atoms with Gasteiger partial charge < -0.3 is 13.9 Å². The van der Waals surface area contributed by atoms with E-state index in [0.717, 1.165) is 29.0 Å². The molecule has 4 rings (SSSR count). The molecule has 0 saturated carbocycles. The molecule has 0 N–H and O–H groups in total. The van der Waals surface area contributed by atoms with E-state index in [1.54, 1.807) is 12.1 Å². The Morgan fingerprint density at radius 2 is 2.19 bits per heavy atom. The van der Waals surface area contributed by atoms with Crippen molar-refractivity contribution in [2.45, 2.75) is 26.4 Å². The van der Waals surface area contributed by atoms with Crippen molar-refractivity contribution >= 4 is 28.9 Å². The fraction of sp³-hybridized carbons (Fsp3) is 0.250. The molecule has 0 unspecified atom stereocenters. The second-order valence-electron chi connectivity index (χ2n) is 6.36. The predicted molar refractivity (Wildman–Crippen MR) is 101 cm³/mol. The minimum absolute atomic E-state index is 0.0187. The Hall–Kier alpha value is -3.35. The number of hydrogen-bond donors (Lipinski definition) is 0.